The Morgan fingerprint density at radius 2 is 1.29 bits per heavy atom. The number of aliphatic hydroxyl groups excluding tert-OH is 1. The van der Waals surface area contributed by atoms with E-state index in [0.29, 0.717) is 0 Å². The van der Waals surface area contributed by atoms with Gasteiger partial charge in [-0.3, -0.25) is 0 Å². The Balaban J connectivity index is 2.47. The molecule has 86 valence electrons. The molecule has 0 bridgehead atoms. The zero-order chi connectivity index (χ0) is 12.1. The molecule has 1 heteroatoms. The molecule has 2 aromatic rings. The zero-order valence-electron chi connectivity index (χ0n) is 9.88. The summed E-state index contributed by atoms with van der Waals surface area (Å²) in [6, 6.07) is 20.2. The lowest BCUT2D eigenvalue weighted by molar-refractivity contribution is 0.244. The Labute approximate surface area is 102 Å². The van der Waals surface area contributed by atoms with Crippen LogP contribution >= 0.6 is 0 Å². The number of hydrogen-bond donors (Lipinski definition) is 1. The van der Waals surface area contributed by atoms with E-state index >= 15 is 0 Å². The maximum atomic E-state index is 9.57. The molecule has 1 N–H and O–H groups in total. The van der Waals surface area contributed by atoms with Gasteiger partial charge in [0.1, 0.15) is 0 Å². The van der Waals surface area contributed by atoms with E-state index in [9.17, 15) is 5.11 Å². The van der Waals surface area contributed by atoms with Gasteiger partial charge in [0.15, 0.2) is 0 Å². The van der Waals surface area contributed by atoms with Crippen molar-refractivity contribution in [2.45, 2.75) is 13.0 Å². The van der Waals surface area contributed by atoms with Gasteiger partial charge in [-0.25, -0.2) is 0 Å². The van der Waals surface area contributed by atoms with Crippen molar-refractivity contribution < 1.29 is 5.11 Å². The maximum absolute atomic E-state index is 9.57. The van der Waals surface area contributed by atoms with Gasteiger partial charge in [-0.05, 0) is 29.7 Å². The Morgan fingerprint density at radius 3 is 1.65 bits per heavy atom. The van der Waals surface area contributed by atoms with Crippen LogP contribution in [-0.4, -0.2) is 11.2 Å². The Bertz CT molecular complexity index is 442. The SMILES string of the molecule is CC(O)C=C(c1ccccc1)c1ccccc1. The third kappa shape index (κ3) is 3.05. The Hall–Kier alpha value is -1.86. The predicted molar refractivity (Wildman–Crippen MR) is 71.6 cm³/mol. The summed E-state index contributed by atoms with van der Waals surface area (Å²) < 4.78 is 0. The number of aliphatic hydroxyl groups is 1. The second-order valence-corrected chi connectivity index (χ2v) is 4.05. The van der Waals surface area contributed by atoms with Crippen molar-refractivity contribution in [1.29, 1.82) is 0 Å². The highest BCUT2D eigenvalue weighted by Gasteiger charge is 2.05. The lowest BCUT2D eigenvalue weighted by atomic mass is 9.97. The van der Waals surface area contributed by atoms with Gasteiger partial charge in [0.2, 0.25) is 0 Å². The quantitative estimate of drug-likeness (QED) is 0.846. The summed E-state index contributed by atoms with van der Waals surface area (Å²) in [5, 5.41) is 9.57. The summed E-state index contributed by atoms with van der Waals surface area (Å²) >= 11 is 0. The zero-order valence-corrected chi connectivity index (χ0v) is 9.88. The van der Waals surface area contributed by atoms with Crippen molar-refractivity contribution in [3.63, 3.8) is 0 Å². The van der Waals surface area contributed by atoms with Crippen molar-refractivity contribution in [2.75, 3.05) is 0 Å². The fraction of sp³-hybridized carbons (Fsp3) is 0.125. The third-order valence-corrected chi connectivity index (χ3v) is 2.58. The van der Waals surface area contributed by atoms with Crippen LogP contribution in [0.15, 0.2) is 66.7 Å². The fourth-order valence-corrected chi connectivity index (χ4v) is 1.84. The molecule has 1 unspecified atom stereocenters. The molecule has 1 atom stereocenters. The largest absolute Gasteiger partial charge is 0.389 e. The van der Waals surface area contributed by atoms with Gasteiger partial charge in [0.05, 0.1) is 6.10 Å². The second-order valence-electron chi connectivity index (χ2n) is 4.05. The maximum Gasteiger partial charge on any atom is 0.0701 e. The minimum atomic E-state index is -0.453. The molecule has 17 heavy (non-hydrogen) atoms. The molecule has 0 heterocycles. The monoisotopic (exact) mass is 224 g/mol. The third-order valence-electron chi connectivity index (χ3n) is 2.58. The lowest BCUT2D eigenvalue weighted by Gasteiger charge is -2.09. The minimum absolute atomic E-state index is 0.453. The van der Waals surface area contributed by atoms with Crippen LogP contribution < -0.4 is 0 Å². The molecule has 2 rings (SSSR count). The number of hydrogen-bond acceptors (Lipinski definition) is 1. The van der Waals surface area contributed by atoms with Gasteiger partial charge in [0, 0.05) is 0 Å². The highest BCUT2D eigenvalue weighted by atomic mass is 16.3. The predicted octanol–water partition coefficient (Wildman–Crippen LogP) is 3.50. The first-order chi connectivity index (χ1) is 8.27. The van der Waals surface area contributed by atoms with Crippen LogP contribution in [0, 0.1) is 0 Å². The number of benzene rings is 2. The molecule has 0 aliphatic carbocycles. The van der Waals surface area contributed by atoms with Gasteiger partial charge < -0.3 is 5.11 Å². The molecule has 0 saturated heterocycles. The van der Waals surface area contributed by atoms with Crippen molar-refractivity contribution >= 4 is 5.57 Å². The van der Waals surface area contributed by atoms with Crippen LogP contribution in [0.1, 0.15) is 18.1 Å². The minimum Gasteiger partial charge on any atom is -0.389 e. The van der Waals surface area contributed by atoms with Gasteiger partial charge in [-0.1, -0.05) is 60.7 Å². The van der Waals surface area contributed by atoms with Gasteiger partial charge in [-0.2, -0.15) is 0 Å². The fourth-order valence-electron chi connectivity index (χ4n) is 1.84. The van der Waals surface area contributed by atoms with Crippen LogP contribution in [0.5, 0.6) is 0 Å². The van der Waals surface area contributed by atoms with Gasteiger partial charge >= 0.3 is 0 Å². The summed E-state index contributed by atoms with van der Waals surface area (Å²) in [5.74, 6) is 0. The second kappa shape index (κ2) is 5.46. The van der Waals surface area contributed by atoms with Crippen LogP contribution in [0.4, 0.5) is 0 Å². The van der Waals surface area contributed by atoms with E-state index < -0.39 is 6.10 Å². The van der Waals surface area contributed by atoms with E-state index in [0.717, 1.165) is 16.7 Å². The standard InChI is InChI=1S/C16H16O/c1-13(17)12-16(14-8-4-2-5-9-14)15-10-6-3-7-11-15/h2-13,17H,1H3. The van der Waals surface area contributed by atoms with E-state index in [1.165, 1.54) is 0 Å². The molecular formula is C16H16O. The average Bonchev–Trinajstić information content (AvgIpc) is 2.38. The molecule has 0 fully saturated rings. The van der Waals surface area contributed by atoms with Crippen LogP contribution in [-0.2, 0) is 0 Å². The molecule has 0 aliphatic rings. The smallest absolute Gasteiger partial charge is 0.0701 e. The first kappa shape index (κ1) is 11.6. The summed E-state index contributed by atoms with van der Waals surface area (Å²) in [4.78, 5) is 0. The summed E-state index contributed by atoms with van der Waals surface area (Å²) in [7, 11) is 0. The molecule has 1 nitrogen and oxygen atoms in total. The van der Waals surface area contributed by atoms with Crippen molar-refractivity contribution in [2.24, 2.45) is 0 Å². The summed E-state index contributed by atoms with van der Waals surface area (Å²) in [5.41, 5.74) is 3.32. The van der Waals surface area contributed by atoms with E-state index in [2.05, 4.69) is 24.3 Å². The molecule has 0 aromatic heterocycles. The first-order valence-electron chi connectivity index (χ1n) is 5.78. The van der Waals surface area contributed by atoms with Crippen LogP contribution in [0.3, 0.4) is 0 Å². The average molecular weight is 224 g/mol. The topological polar surface area (TPSA) is 20.2 Å². The van der Waals surface area contributed by atoms with Gasteiger partial charge in [0.25, 0.3) is 0 Å². The van der Waals surface area contributed by atoms with E-state index in [-0.39, 0.29) is 0 Å². The van der Waals surface area contributed by atoms with Crippen LogP contribution in [0.2, 0.25) is 0 Å². The molecule has 0 spiro atoms. The molecule has 0 radical (unpaired) electrons. The van der Waals surface area contributed by atoms with Crippen LogP contribution in [0.25, 0.3) is 5.57 Å². The highest BCUT2D eigenvalue weighted by Crippen LogP contribution is 2.23. The van der Waals surface area contributed by atoms with Gasteiger partial charge in [-0.15, -0.1) is 0 Å². The van der Waals surface area contributed by atoms with Crippen molar-refractivity contribution in [1.82, 2.24) is 0 Å². The molecule has 0 aliphatic heterocycles. The van der Waals surface area contributed by atoms with E-state index in [1.807, 2.05) is 42.5 Å². The Morgan fingerprint density at radius 1 is 0.882 bits per heavy atom. The molecule has 0 amide bonds. The van der Waals surface area contributed by atoms with Crippen molar-refractivity contribution in [3.05, 3.63) is 77.9 Å². The molecule has 2 aromatic carbocycles. The lowest BCUT2D eigenvalue weighted by Crippen LogP contribution is -1.97. The van der Waals surface area contributed by atoms with E-state index in [1.54, 1.807) is 6.92 Å². The summed E-state index contributed by atoms with van der Waals surface area (Å²) in [6.07, 6.45) is 1.43. The normalized spacial score (nSPS) is 11.9. The molecule has 0 saturated carbocycles. The first-order valence-corrected chi connectivity index (χ1v) is 5.78. The number of rotatable bonds is 3. The van der Waals surface area contributed by atoms with E-state index in [4.69, 9.17) is 0 Å². The Kier molecular flexibility index (Phi) is 3.73. The summed E-state index contributed by atoms with van der Waals surface area (Å²) in [6.45, 7) is 1.77. The van der Waals surface area contributed by atoms with Crippen molar-refractivity contribution in [3.8, 4) is 0 Å². The highest BCUT2D eigenvalue weighted by molar-refractivity contribution is 5.79. The molecular weight excluding hydrogens is 208 g/mol.